The molecule has 0 N–H and O–H groups in total. The molecule has 0 radical (unpaired) electrons. The van der Waals surface area contributed by atoms with Gasteiger partial charge in [0, 0.05) is 28.3 Å². The third-order valence-electron chi connectivity index (χ3n) is 13.1. The minimum atomic E-state index is -0.513. The van der Waals surface area contributed by atoms with Crippen LogP contribution >= 0.6 is 0 Å². The van der Waals surface area contributed by atoms with Crippen LogP contribution in [0, 0.1) is 0 Å². The Morgan fingerprint density at radius 2 is 0.587 bits per heavy atom. The molecule has 10 aromatic carbocycles. The number of benzene rings is 10. The van der Waals surface area contributed by atoms with Crippen LogP contribution in [0.15, 0.2) is 255 Å². The van der Waals surface area contributed by atoms with Crippen LogP contribution in [0.25, 0.3) is 44.5 Å². The average Bonchev–Trinajstić information content (AvgIpc) is 3.84. The molecular weight excluding hydrogens is 761 g/mol. The summed E-state index contributed by atoms with van der Waals surface area (Å²) in [6, 6.07) is 93.3. The molecule has 0 fully saturated rings. The molecule has 0 unspecified atom stereocenters. The predicted molar refractivity (Wildman–Crippen MR) is 263 cm³/mol. The van der Waals surface area contributed by atoms with E-state index in [1.807, 2.05) is 0 Å². The molecule has 63 heavy (non-hydrogen) atoms. The Kier molecular flexibility index (Phi) is 8.76. The maximum atomic E-state index is 2.50. The van der Waals surface area contributed by atoms with Crippen LogP contribution in [-0.2, 0) is 5.41 Å². The zero-order valence-electron chi connectivity index (χ0n) is 34.6. The van der Waals surface area contributed by atoms with E-state index < -0.39 is 5.41 Å². The summed E-state index contributed by atoms with van der Waals surface area (Å²) in [5.74, 6) is 0. The maximum Gasteiger partial charge on any atom is 0.0784 e. The molecule has 10 aromatic rings. The smallest absolute Gasteiger partial charge is 0.0784 e. The molecule has 2 aliphatic carbocycles. The van der Waals surface area contributed by atoms with Gasteiger partial charge in [0.05, 0.1) is 16.8 Å². The summed E-state index contributed by atoms with van der Waals surface area (Å²) in [6.07, 6.45) is 0. The third-order valence-corrected chi connectivity index (χ3v) is 13.1. The van der Waals surface area contributed by atoms with E-state index >= 15 is 0 Å². The lowest BCUT2D eigenvalue weighted by Gasteiger charge is -2.36. The summed E-state index contributed by atoms with van der Waals surface area (Å²) in [4.78, 5) is 4.95. The minimum Gasteiger partial charge on any atom is -0.308 e. The van der Waals surface area contributed by atoms with E-state index in [9.17, 15) is 0 Å². The first-order chi connectivity index (χ1) is 31.3. The lowest BCUT2D eigenvalue weighted by atomic mass is 9.70. The lowest BCUT2D eigenvalue weighted by Crippen LogP contribution is -2.26. The van der Waals surface area contributed by atoms with Gasteiger partial charge in [-0.2, -0.15) is 0 Å². The summed E-state index contributed by atoms with van der Waals surface area (Å²) in [5, 5.41) is 0. The Balaban J connectivity index is 1.19. The Hall–Kier alpha value is -8.20. The van der Waals surface area contributed by atoms with Crippen LogP contribution in [0.4, 0.5) is 34.1 Å². The van der Waals surface area contributed by atoms with Crippen molar-refractivity contribution in [2.24, 2.45) is 0 Å². The monoisotopic (exact) mass is 802 g/mol. The highest BCUT2D eigenvalue weighted by Crippen LogP contribution is 2.66. The highest BCUT2D eigenvalue weighted by Gasteiger charge is 2.53. The van der Waals surface area contributed by atoms with Crippen molar-refractivity contribution in [3.63, 3.8) is 0 Å². The topological polar surface area (TPSA) is 6.48 Å². The minimum absolute atomic E-state index is 0.513. The largest absolute Gasteiger partial charge is 0.308 e. The summed E-state index contributed by atoms with van der Waals surface area (Å²) in [7, 11) is 0. The quantitative estimate of drug-likeness (QED) is 0.151. The van der Waals surface area contributed by atoms with Crippen molar-refractivity contribution in [3.8, 4) is 44.5 Å². The number of nitrogens with zero attached hydrogens (tertiary/aromatic N) is 2. The van der Waals surface area contributed by atoms with Gasteiger partial charge in [-0.3, -0.25) is 0 Å². The second-order valence-corrected chi connectivity index (χ2v) is 16.4. The second kappa shape index (κ2) is 15.1. The van der Waals surface area contributed by atoms with Gasteiger partial charge in [0.15, 0.2) is 0 Å². The van der Waals surface area contributed by atoms with Crippen molar-refractivity contribution < 1.29 is 0 Å². The van der Waals surface area contributed by atoms with E-state index in [1.54, 1.807) is 0 Å². The fourth-order valence-corrected chi connectivity index (χ4v) is 10.4. The lowest BCUT2D eigenvalue weighted by molar-refractivity contribution is 0.793. The molecule has 12 rings (SSSR count). The Bertz CT molecular complexity index is 3200. The van der Waals surface area contributed by atoms with Gasteiger partial charge in [0.1, 0.15) is 0 Å². The first-order valence-electron chi connectivity index (χ1n) is 21.8. The van der Waals surface area contributed by atoms with Crippen LogP contribution in [0.1, 0.15) is 22.3 Å². The molecule has 0 saturated heterocycles. The van der Waals surface area contributed by atoms with Gasteiger partial charge in [-0.15, -0.1) is 0 Å². The van der Waals surface area contributed by atoms with E-state index in [0.717, 1.165) is 34.1 Å². The Morgan fingerprint density at radius 1 is 0.238 bits per heavy atom. The van der Waals surface area contributed by atoms with Crippen molar-refractivity contribution in [2.75, 3.05) is 9.80 Å². The molecule has 0 bridgehead atoms. The maximum absolute atomic E-state index is 2.50. The first kappa shape index (κ1) is 36.6. The molecule has 0 aliphatic heterocycles. The molecule has 0 atom stereocenters. The highest BCUT2D eigenvalue weighted by atomic mass is 15.2. The standard InChI is InChI=1S/C61H42N2/c1-5-19-43(20-6-1)45-33-37-49(38-34-45)62(47-23-9-3-10-24-47)58-42-41-57-59(53-29-15-18-32-56(53)61(57)54-30-16-13-27-51(54)52-28-14-17-31-55(52)61)60(58)63(48-25-11-4-12-26-48)50-39-35-46(36-40-50)44-21-7-2-8-22-44/h1-42H. The number of para-hydroxylation sites is 2. The molecule has 2 aliphatic rings. The van der Waals surface area contributed by atoms with E-state index in [1.165, 1.54) is 66.8 Å². The van der Waals surface area contributed by atoms with Crippen molar-refractivity contribution in [1.82, 2.24) is 0 Å². The third kappa shape index (κ3) is 5.80. The van der Waals surface area contributed by atoms with Gasteiger partial charge in [0.25, 0.3) is 0 Å². The predicted octanol–water partition coefficient (Wildman–Crippen LogP) is 16.3. The van der Waals surface area contributed by atoms with Crippen LogP contribution in [0.3, 0.4) is 0 Å². The molecule has 0 aromatic heterocycles. The average molecular weight is 803 g/mol. The normalized spacial score (nSPS) is 12.6. The number of hydrogen-bond acceptors (Lipinski definition) is 2. The van der Waals surface area contributed by atoms with E-state index in [0.29, 0.717) is 0 Å². The van der Waals surface area contributed by atoms with Crippen LogP contribution in [-0.4, -0.2) is 0 Å². The van der Waals surface area contributed by atoms with Gasteiger partial charge in [-0.05, 0) is 116 Å². The number of hydrogen-bond donors (Lipinski definition) is 0. The SMILES string of the molecule is c1ccc(-c2ccc(N(c3ccccc3)c3ccc4c(c3N(c3ccccc3)c3ccc(-c5ccccc5)cc3)-c3ccccc3C43c4ccccc4-c4ccccc43)cc2)cc1. The fraction of sp³-hybridized carbons (Fsp3) is 0.0164. The highest BCUT2D eigenvalue weighted by molar-refractivity contribution is 6.06. The molecule has 1 spiro atoms. The summed E-state index contributed by atoms with van der Waals surface area (Å²) >= 11 is 0. The van der Waals surface area contributed by atoms with Crippen molar-refractivity contribution in [1.29, 1.82) is 0 Å². The van der Waals surface area contributed by atoms with Gasteiger partial charge in [0.2, 0.25) is 0 Å². The number of fused-ring (bicyclic) bond motifs is 10. The van der Waals surface area contributed by atoms with Crippen LogP contribution in [0.2, 0.25) is 0 Å². The van der Waals surface area contributed by atoms with Gasteiger partial charge >= 0.3 is 0 Å². The molecule has 296 valence electrons. The van der Waals surface area contributed by atoms with Crippen molar-refractivity contribution >= 4 is 34.1 Å². The molecule has 2 nitrogen and oxygen atoms in total. The summed E-state index contributed by atoms with van der Waals surface area (Å²) in [6.45, 7) is 0. The summed E-state index contributed by atoms with van der Waals surface area (Å²) in [5.41, 5.74) is 21.1. The van der Waals surface area contributed by atoms with Crippen molar-refractivity contribution in [3.05, 3.63) is 277 Å². The van der Waals surface area contributed by atoms with E-state index in [2.05, 4.69) is 265 Å². The van der Waals surface area contributed by atoms with Crippen molar-refractivity contribution in [2.45, 2.75) is 5.41 Å². The van der Waals surface area contributed by atoms with E-state index in [4.69, 9.17) is 0 Å². The van der Waals surface area contributed by atoms with Gasteiger partial charge < -0.3 is 9.80 Å². The summed E-state index contributed by atoms with van der Waals surface area (Å²) < 4.78 is 0. The number of rotatable bonds is 8. The van der Waals surface area contributed by atoms with Gasteiger partial charge in [-0.25, -0.2) is 0 Å². The van der Waals surface area contributed by atoms with Crippen LogP contribution in [0.5, 0.6) is 0 Å². The molecule has 0 saturated carbocycles. The fourth-order valence-electron chi connectivity index (χ4n) is 10.4. The molecule has 0 heterocycles. The Labute approximate surface area is 369 Å². The number of anilines is 6. The first-order valence-corrected chi connectivity index (χ1v) is 21.8. The molecule has 0 amide bonds. The van der Waals surface area contributed by atoms with E-state index in [-0.39, 0.29) is 0 Å². The Morgan fingerprint density at radius 3 is 1.08 bits per heavy atom. The molecule has 2 heteroatoms. The van der Waals surface area contributed by atoms with Gasteiger partial charge in [-0.1, -0.05) is 200 Å². The zero-order valence-corrected chi connectivity index (χ0v) is 34.6. The molecular formula is C61H42N2. The van der Waals surface area contributed by atoms with Crippen LogP contribution < -0.4 is 9.80 Å². The second-order valence-electron chi connectivity index (χ2n) is 16.4. The zero-order chi connectivity index (χ0) is 41.7.